The van der Waals surface area contributed by atoms with Gasteiger partial charge in [-0.2, -0.15) is 0 Å². The van der Waals surface area contributed by atoms with E-state index < -0.39 is 5.97 Å². The van der Waals surface area contributed by atoms with Gasteiger partial charge in [0.1, 0.15) is 5.75 Å². The van der Waals surface area contributed by atoms with Gasteiger partial charge in [0.05, 0.1) is 13.5 Å². The lowest BCUT2D eigenvalue weighted by molar-refractivity contribution is -0.136. The number of thioether (sulfide) groups is 1. The Balaban J connectivity index is 1.91. The van der Waals surface area contributed by atoms with Crippen LogP contribution in [0.4, 0.5) is 0 Å². The van der Waals surface area contributed by atoms with E-state index in [0.717, 1.165) is 22.0 Å². The molecule has 20 heavy (non-hydrogen) atoms. The van der Waals surface area contributed by atoms with Crippen LogP contribution in [0.2, 0.25) is 0 Å². The molecule has 0 bridgehead atoms. The van der Waals surface area contributed by atoms with E-state index in [9.17, 15) is 4.79 Å². The molecular weight excluding hydrogens is 272 g/mol. The average molecular weight is 288 g/mol. The number of carbonyl (C=O) groups is 1. The van der Waals surface area contributed by atoms with Crippen molar-refractivity contribution in [2.24, 2.45) is 0 Å². The van der Waals surface area contributed by atoms with Crippen molar-refractivity contribution in [3.8, 4) is 5.75 Å². The molecule has 0 radical (unpaired) electrons. The number of methoxy groups -OCH3 is 1. The Bertz CT molecular complexity index is 561. The fourth-order valence-corrected chi connectivity index (χ4v) is 2.62. The van der Waals surface area contributed by atoms with E-state index in [1.165, 1.54) is 5.56 Å². The van der Waals surface area contributed by atoms with Crippen LogP contribution < -0.4 is 4.74 Å². The van der Waals surface area contributed by atoms with Crippen LogP contribution in [0.25, 0.3) is 0 Å². The zero-order valence-electron chi connectivity index (χ0n) is 11.2. The van der Waals surface area contributed by atoms with E-state index in [0.29, 0.717) is 0 Å². The quantitative estimate of drug-likeness (QED) is 0.825. The third-order valence-electron chi connectivity index (χ3n) is 2.84. The number of hydrogen-bond acceptors (Lipinski definition) is 3. The summed E-state index contributed by atoms with van der Waals surface area (Å²) >= 11 is 1.73. The third-order valence-corrected chi connectivity index (χ3v) is 3.93. The van der Waals surface area contributed by atoms with Gasteiger partial charge in [-0.15, -0.1) is 11.8 Å². The Hall–Kier alpha value is -1.94. The summed E-state index contributed by atoms with van der Waals surface area (Å²) in [6.07, 6.45) is 0.0728. The van der Waals surface area contributed by atoms with E-state index in [2.05, 4.69) is 0 Å². The molecule has 0 heterocycles. The lowest BCUT2D eigenvalue weighted by atomic mass is 10.2. The minimum Gasteiger partial charge on any atom is -0.497 e. The van der Waals surface area contributed by atoms with Gasteiger partial charge >= 0.3 is 5.97 Å². The molecule has 0 aliphatic carbocycles. The molecule has 0 unspecified atom stereocenters. The normalized spacial score (nSPS) is 10.2. The molecule has 2 rings (SSSR count). The Labute approximate surface area is 122 Å². The predicted octanol–water partition coefficient (Wildman–Crippen LogP) is 3.61. The fourth-order valence-electron chi connectivity index (χ4n) is 1.77. The first-order chi connectivity index (χ1) is 9.67. The largest absolute Gasteiger partial charge is 0.497 e. The second-order valence-corrected chi connectivity index (χ2v) is 5.40. The van der Waals surface area contributed by atoms with Crippen molar-refractivity contribution in [2.75, 3.05) is 7.11 Å². The number of ether oxygens (including phenoxy) is 1. The van der Waals surface area contributed by atoms with Gasteiger partial charge in [-0.1, -0.05) is 24.3 Å². The summed E-state index contributed by atoms with van der Waals surface area (Å²) in [4.78, 5) is 11.7. The summed E-state index contributed by atoms with van der Waals surface area (Å²) in [5, 5.41) is 8.72. The maximum absolute atomic E-state index is 10.6. The van der Waals surface area contributed by atoms with E-state index in [-0.39, 0.29) is 6.42 Å². The molecule has 0 aromatic heterocycles. The molecule has 104 valence electrons. The van der Waals surface area contributed by atoms with Crippen LogP contribution in [0.15, 0.2) is 53.4 Å². The molecule has 0 amide bonds. The molecule has 4 heteroatoms. The fraction of sp³-hybridized carbons (Fsp3) is 0.188. The van der Waals surface area contributed by atoms with Gasteiger partial charge in [0.15, 0.2) is 0 Å². The van der Waals surface area contributed by atoms with Crippen molar-refractivity contribution in [3.63, 3.8) is 0 Å². The first kappa shape index (κ1) is 14.5. The standard InChI is InChI=1S/C16H16O3S/c1-19-14-6-2-13(3-7-14)11-20-15-8-4-12(5-9-15)10-16(17)18/h2-9H,10-11H2,1H3,(H,17,18). The first-order valence-electron chi connectivity index (χ1n) is 6.24. The van der Waals surface area contributed by atoms with Crippen LogP contribution in [0, 0.1) is 0 Å². The number of carboxylic acids is 1. The Morgan fingerprint density at radius 3 is 2.20 bits per heavy atom. The van der Waals surface area contributed by atoms with Crippen molar-refractivity contribution in [1.82, 2.24) is 0 Å². The number of hydrogen-bond donors (Lipinski definition) is 1. The molecule has 0 saturated heterocycles. The SMILES string of the molecule is COc1ccc(CSc2ccc(CC(=O)O)cc2)cc1. The van der Waals surface area contributed by atoms with E-state index in [1.807, 2.05) is 48.5 Å². The Morgan fingerprint density at radius 2 is 1.65 bits per heavy atom. The highest BCUT2D eigenvalue weighted by molar-refractivity contribution is 7.98. The summed E-state index contributed by atoms with van der Waals surface area (Å²) in [6, 6.07) is 15.7. The topological polar surface area (TPSA) is 46.5 Å². The number of benzene rings is 2. The Kier molecular flexibility index (Phi) is 5.07. The Morgan fingerprint density at radius 1 is 1.05 bits per heavy atom. The van der Waals surface area contributed by atoms with Crippen LogP contribution in [0.1, 0.15) is 11.1 Å². The smallest absolute Gasteiger partial charge is 0.307 e. The van der Waals surface area contributed by atoms with Crippen LogP contribution in [0.5, 0.6) is 5.75 Å². The van der Waals surface area contributed by atoms with Crippen molar-refractivity contribution in [3.05, 3.63) is 59.7 Å². The molecule has 0 fully saturated rings. The average Bonchev–Trinajstić information content (AvgIpc) is 2.46. The highest BCUT2D eigenvalue weighted by Gasteiger charge is 2.01. The van der Waals surface area contributed by atoms with Gasteiger partial charge in [0.25, 0.3) is 0 Å². The maximum atomic E-state index is 10.6. The summed E-state index contributed by atoms with van der Waals surface area (Å²) in [5.41, 5.74) is 2.05. The van der Waals surface area contributed by atoms with Crippen molar-refractivity contribution in [2.45, 2.75) is 17.1 Å². The molecule has 0 aliphatic heterocycles. The highest BCUT2D eigenvalue weighted by atomic mass is 32.2. The number of rotatable bonds is 6. The molecular formula is C16H16O3S. The summed E-state index contributed by atoms with van der Waals surface area (Å²) in [7, 11) is 1.66. The van der Waals surface area contributed by atoms with Crippen LogP contribution >= 0.6 is 11.8 Å². The molecule has 0 saturated carbocycles. The van der Waals surface area contributed by atoms with Gasteiger partial charge in [-0.3, -0.25) is 4.79 Å². The highest BCUT2D eigenvalue weighted by Crippen LogP contribution is 2.24. The minimum atomic E-state index is -0.802. The molecule has 2 aromatic carbocycles. The summed E-state index contributed by atoms with van der Waals surface area (Å²) in [6.45, 7) is 0. The van der Waals surface area contributed by atoms with E-state index in [4.69, 9.17) is 9.84 Å². The van der Waals surface area contributed by atoms with Crippen LogP contribution in [-0.4, -0.2) is 18.2 Å². The lowest BCUT2D eigenvalue weighted by Gasteiger charge is -2.04. The predicted molar refractivity (Wildman–Crippen MR) is 80.3 cm³/mol. The van der Waals surface area contributed by atoms with Crippen LogP contribution in [-0.2, 0) is 17.0 Å². The summed E-state index contributed by atoms with van der Waals surface area (Å²) in [5.74, 6) is 0.933. The molecule has 2 aromatic rings. The zero-order chi connectivity index (χ0) is 14.4. The third kappa shape index (κ3) is 4.31. The lowest BCUT2D eigenvalue weighted by Crippen LogP contribution is -1.99. The number of carboxylic acid groups (broad SMARTS) is 1. The van der Waals surface area contributed by atoms with Gasteiger partial charge < -0.3 is 9.84 Å². The van der Waals surface area contributed by atoms with E-state index >= 15 is 0 Å². The van der Waals surface area contributed by atoms with Crippen molar-refractivity contribution in [1.29, 1.82) is 0 Å². The monoisotopic (exact) mass is 288 g/mol. The molecule has 0 atom stereocenters. The molecule has 3 nitrogen and oxygen atoms in total. The molecule has 0 spiro atoms. The minimum absolute atomic E-state index is 0.0728. The van der Waals surface area contributed by atoms with Gasteiger partial charge in [-0.05, 0) is 35.4 Å². The second-order valence-electron chi connectivity index (χ2n) is 4.35. The van der Waals surface area contributed by atoms with Crippen molar-refractivity contribution >= 4 is 17.7 Å². The van der Waals surface area contributed by atoms with Crippen molar-refractivity contribution < 1.29 is 14.6 Å². The summed E-state index contributed by atoms with van der Waals surface area (Å²) < 4.78 is 5.12. The van der Waals surface area contributed by atoms with Crippen LogP contribution in [0.3, 0.4) is 0 Å². The van der Waals surface area contributed by atoms with Gasteiger partial charge in [0.2, 0.25) is 0 Å². The zero-order valence-corrected chi connectivity index (χ0v) is 12.0. The molecule has 1 N–H and O–H groups in total. The maximum Gasteiger partial charge on any atom is 0.307 e. The van der Waals surface area contributed by atoms with Gasteiger partial charge in [-0.25, -0.2) is 0 Å². The number of aliphatic carboxylic acids is 1. The van der Waals surface area contributed by atoms with Gasteiger partial charge in [0, 0.05) is 10.6 Å². The first-order valence-corrected chi connectivity index (χ1v) is 7.22. The second kappa shape index (κ2) is 7.01. The van der Waals surface area contributed by atoms with E-state index in [1.54, 1.807) is 18.9 Å². The molecule has 0 aliphatic rings.